The Balaban J connectivity index is 5.09. The standard InChI is InChI=1S/C17H30O3/c1-7-10-12(4)11-13(5)17(20-16(19)9-3)14(6)15(18)8-2/h11-12,14,17H,7-10H2,1-6H3/b13-11+/t12-,14-,17+/m1/s1. The van der Waals surface area contributed by atoms with E-state index < -0.39 is 6.10 Å². The minimum Gasteiger partial charge on any atom is -0.457 e. The molecule has 116 valence electrons. The number of rotatable bonds is 9. The van der Waals surface area contributed by atoms with Crippen LogP contribution in [-0.2, 0) is 14.3 Å². The number of carbonyl (C=O) groups excluding carboxylic acids is 2. The molecule has 0 spiro atoms. The summed E-state index contributed by atoms with van der Waals surface area (Å²) in [5.41, 5.74) is 0.988. The molecule has 0 aliphatic heterocycles. The van der Waals surface area contributed by atoms with Crippen LogP contribution in [0.2, 0.25) is 0 Å². The van der Waals surface area contributed by atoms with E-state index in [4.69, 9.17) is 4.74 Å². The van der Waals surface area contributed by atoms with Gasteiger partial charge in [0.25, 0.3) is 0 Å². The van der Waals surface area contributed by atoms with Crippen LogP contribution in [0.4, 0.5) is 0 Å². The van der Waals surface area contributed by atoms with E-state index in [0.29, 0.717) is 18.8 Å². The number of hydrogen-bond donors (Lipinski definition) is 0. The van der Waals surface area contributed by atoms with E-state index in [1.54, 1.807) is 6.92 Å². The van der Waals surface area contributed by atoms with Crippen molar-refractivity contribution in [3.63, 3.8) is 0 Å². The highest BCUT2D eigenvalue weighted by Gasteiger charge is 2.27. The van der Waals surface area contributed by atoms with Crippen LogP contribution in [0.3, 0.4) is 0 Å². The third kappa shape index (κ3) is 6.36. The summed E-state index contributed by atoms with van der Waals surface area (Å²) in [4.78, 5) is 23.5. The molecule has 3 nitrogen and oxygen atoms in total. The maximum Gasteiger partial charge on any atom is 0.306 e. The van der Waals surface area contributed by atoms with E-state index >= 15 is 0 Å². The van der Waals surface area contributed by atoms with E-state index in [1.165, 1.54) is 0 Å². The van der Waals surface area contributed by atoms with Gasteiger partial charge in [0.15, 0.2) is 0 Å². The lowest BCUT2D eigenvalue weighted by atomic mass is 9.90. The van der Waals surface area contributed by atoms with Gasteiger partial charge in [-0.05, 0) is 24.8 Å². The first-order chi connectivity index (χ1) is 9.37. The smallest absolute Gasteiger partial charge is 0.306 e. The van der Waals surface area contributed by atoms with Gasteiger partial charge < -0.3 is 4.74 Å². The molecule has 0 fully saturated rings. The fourth-order valence-electron chi connectivity index (χ4n) is 2.39. The zero-order valence-corrected chi connectivity index (χ0v) is 13.9. The predicted molar refractivity (Wildman–Crippen MR) is 82.5 cm³/mol. The van der Waals surface area contributed by atoms with Gasteiger partial charge in [-0.15, -0.1) is 0 Å². The van der Waals surface area contributed by atoms with Crippen molar-refractivity contribution in [2.24, 2.45) is 11.8 Å². The van der Waals surface area contributed by atoms with Crippen molar-refractivity contribution < 1.29 is 14.3 Å². The number of Topliss-reactive ketones (excluding diaryl/α,β-unsaturated/α-hetero) is 1. The molecule has 0 amide bonds. The van der Waals surface area contributed by atoms with Crippen LogP contribution >= 0.6 is 0 Å². The van der Waals surface area contributed by atoms with E-state index in [-0.39, 0.29) is 17.7 Å². The second-order valence-corrected chi connectivity index (χ2v) is 5.55. The van der Waals surface area contributed by atoms with E-state index in [0.717, 1.165) is 18.4 Å². The molecule has 0 aromatic heterocycles. The van der Waals surface area contributed by atoms with Gasteiger partial charge in [0.1, 0.15) is 11.9 Å². The molecule has 0 saturated heterocycles. The Labute approximate surface area is 123 Å². The summed E-state index contributed by atoms with van der Waals surface area (Å²) < 4.78 is 5.50. The average molecular weight is 282 g/mol. The Morgan fingerprint density at radius 3 is 2.15 bits per heavy atom. The quantitative estimate of drug-likeness (QED) is 0.467. The van der Waals surface area contributed by atoms with Gasteiger partial charge in [0, 0.05) is 12.8 Å². The summed E-state index contributed by atoms with van der Waals surface area (Å²) in [6.07, 6.45) is 4.74. The summed E-state index contributed by atoms with van der Waals surface area (Å²) in [7, 11) is 0. The number of carbonyl (C=O) groups is 2. The third-order valence-corrected chi connectivity index (χ3v) is 3.60. The molecule has 0 saturated carbocycles. The number of hydrogen-bond acceptors (Lipinski definition) is 3. The number of allylic oxidation sites excluding steroid dienone is 1. The molecular formula is C17H30O3. The SMILES string of the molecule is CCC[C@@H](C)/C=C(\C)[C@H](OC(=O)CC)[C@H](C)C(=O)CC. The fraction of sp³-hybridized carbons (Fsp3) is 0.765. The highest BCUT2D eigenvalue weighted by molar-refractivity contribution is 5.82. The largest absolute Gasteiger partial charge is 0.457 e. The monoisotopic (exact) mass is 282 g/mol. The van der Waals surface area contributed by atoms with Gasteiger partial charge in [-0.3, -0.25) is 9.59 Å². The molecule has 0 heterocycles. The molecule has 0 N–H and O–H groups in total. The summed E-state index contributed by atoms with van der Waals surface area (Å²) in [6.45, 7) is 11.7. The molecule has 0 aromatic carbocycles. The number of esters is 1. The van der Waals surface area contributed by atoms with Gasteiger partial charge in [0.05, 0.1) is 5.92 Å². The molecule has 3 atom stereocenters. The Morgan fingerprint density at radius 2 is 1.70 bits per heavy atom. The molecule has 0 unspecified atom stereocenters. The normalized spacial score (nSPS) is 16.4. The highest BCUT2D eigenvalue weighted by atomic mass is 16.5. The molecule has 0 radical (unpaired) electrons. The maximum atomic E-state index is 11.9. The van der Waals surface area contributed by atoms with Crippen molar-refractivity contribution in [2.45, 2.75) is 73.3 Å². The van der Waals surface area contributed by atoms with Crippen molar-refractivity contribution in [2.75, 3.05) is 0 Å². The minimum absolute atomic E-state index is 0.134. The first-order valence-corrected chi connectivity index (χ1v) is 7.77. The van der Waals surface area contributed by atoms with Crippen LogP contribution in [0, 0.1) is 11.8 Å². The Morgan fingerprint density at radius 1 is 1.10 bits per heavy atom. The van der Waals surface area contributed by atoms with Crippen LogP contribution in [0.1, 0.15) is 67.2 Å². The molecule has 20 heavy (non-hydrogen) atoms. The van der Waals surface area contributed by atoms with Crippen molar-refractivity contribution in [3.05, 3.63) is 11.6 Å². The third-order valence-electron chi connectivity index (χ3n) is 3.60. The van der Waals surface area contributed by atoms with Gasteiger partial charge >= 0.3 is 5.97 Å². The van der Waals surface area contributed by atoms with E-state index in [1.807, 2.05) is 20.8 Å². The first-order valence-electron chi connectivity index (χ1n) is 7.77. The minimum atomic E-state index is -0.422. The van der Waals surface area contributed by atoms with E-state index in [9.17, 15) is 9.59 Å². The van der Waals surface area contributed by atoms with Crippen molar-refractivity contribution in [1.82, 2.24) is 0 Å². The van der Waals surface area contributed by atoms with Crippen LogP contribution in [0.25, 0.3) is 0 Å². The van der Waals surface area contributed by atoms with Crippen molar-refractivity contribution >= 4 is 11.8 Å². The van der Waals surface area contributed by atoms with Crippen molar-refractivity contribution in [3.8, 4) is 0 Å². The van der Waals surface area contributed by atoms with E-state index in [2.05, 4.69) is 19.9 Å². The molecule has 0 aliphatic carbocycles. The summed E-state index contributed by atoms with van der Waals surface area (Å²) in [5, 5.41) is 0. The van der Waals surface area contributed by atoms with Crippen LogP contribution in [0.15, 0.2) is 11.6 Å². The summed E-state index contributed by atoms with van der Waals surface area (Å²) in [6, 6.07) is 0. The predicted octanol–water partition coefficient (Wildman–Crippen LogP) is 4.31. The second kappa shape index (κ2) is 9.73. The maximum absolute atomic E-state index is 11.9. The molecule has 0 aliphatic rings. The number of ketones is 1. The zero-order chi connectivity index (χ0) is 15.7. The van der Waals surface area contributed by atoms with Gasteiger partial charge in [0.2, 0.25) is 0 Å². The summed E-state index contributed by atoms with van der Waals surface area (Å²) >= 11 is 0. The Bertz CT molecular complexity index is 344. The molecule has 0 aromatic rings. The average Bonchev–Trinajstić information content (AvgIpc) is 2.42. The lowest BCUT2D eigenvalue weighted by molar-refractivity contribution is -0.150. The van der Waals surface area contributed by atoms with Crippen LogP contribution < -0.4 is 0 Å². The Hall–Kier alpha value is -1.12. The van der Waals surface area contributed by atoms with Gasteiger partial charge in [-0.2, -0.15) is 0 Å². The van der Waals surface area contributed by atoms with Crippen LogP contribution in [0.5, 0.6) is 0 Å². The number of ether oxygens (including phenoxy) is 1. The summed E-state index contributed by atoms with van der Waals surface area (Å²) in [5.74, 6) is 0.0452. The topological polar surface area (TPSA) is 43.4 Å². The van der Waals surface area contributed by atoms with Crippen LogP contribution in [-0.4, -0.2) is 17.9 Å². The Kier molecular flexibility index (Phi) is 9.19. The first kappa shape index (κ1) is 18.9. The molecular weight excluding hydrogens is 252 g/mol. The van der Waals surface area contributed by atoms with Crippen molar-refractivity contribution in [1.29, 1.82) is 0 Å². The van der Waals surface area contributed by atoms with Gasteiger partial charge in [-0.1, -0.05) is 47.1 Å². The zero-order valence-electron chi connectivity index (χ0n) is 13.9. The lowest BCUT2D eigenvalue weighted by Crippen LogP contribution is -2.31. The lowest BCUT2D eigenvalue weighted by Gasteiger charge is -2.24. The second-order valence-electron chi connectivity index (χ2n) is 5.55. The fourth-order valence-corrected chi connectivity index (χ4v) is 2.39. The molecule has 3 heteroatoms. The molecule has 0 rings (SSSR count). The van der Waals surface area contributed by atoms with Gasteiger partial charge in [-0.25, -0.2) is 0 Å². The highest BCUT2D eigenvalue weighted by Crippen LogP contribution is 2.22. The molecule has 0 bridgehead atoms.